The summed E-state index contributed by atoms with van der Waals surface area (Å²) in [5.41, 5.74) is 3.98. The molecule has 6 atom stereocenters. The molecule has 0 heterocycles. The maximum absolute atomic E-state index is 12.8. The molecule has 0 radical (unpaired) electrons. The topological polar surface area (TPSA) is 43.4 Å². The van der Waals surface area contributed by atoms with Crippen molar-refractivity contribution in [1.29, 1.82) is 0 Å². The number of hydrogen-bond donors (Lipinski definition) is 0. The van der Waals surface area contributed by atoms with Gasteiger partial charge in [-0.3, -0.25) is 9.59 Å². The molecule has 0 saturated heterocycles. The Morgan fingerprint density at radius 2 is 1.88 bits per heavy atom. The van der Waals surface area contributed by atoms with E-state index in [1.807, 2.05) is 0 Å². The Bertz CT molecular complexity index is 831. The van der Waals surface area contributed by atoms with Crippen LogP contribution in [0.1, 0.15) is 92.4 Å². The Balaban J connectivity index is 1.82. The molecule has 0 N–H and O–H groups in total. The Hall–Kier alpha value is -1.64. The normalized spacial score (nSPS) is 36.1. The molecular weight excluding hydrogens is 408 g/mol. The number of carbonyl (C=O) groups is 2. The van der Waals surface area contributed by atoms with E-state index in [0.29, 0.717) is 48.2 Å². The summed E-state index contributed by atoms with van der Waals surface area (Å²) in [4.78, 5) is 24.7. The van der Waals surface area contributed by atoms with Gasteiger partial charge in [0.05, 0.1) is 7.11 Å². The van der Waals surface area contributed by atoms with Gasteiger partial charge in [-0.25, -0.2) is 0 Å². The number of carbonyl (C=O) groups excluding carboxylic acids is 2. The molecule has 0 spiro atoms. The highest BCUT2D eigenvalue weighted by Crippen LogP contribution is 2.61. The number of ether oxygens (including phenoxy) is 1. The van der Waals surface area contributed by atoms with Gasteiger partial charge in [0.1, 0.15) is 5.78 Å². The van der Waals surface area contributed by atoms with Gasteiger partial charge in [0, 0.05) is 18.3 Å². The van der Waals surface area contributed by atoms with Crippen molar-refractivity contribution in [2.75, 3.05) is 7.11 Å². The minimum atomic E-state index is -0.235. The lowest BCUT2D eigenvalue weighted by atomic mass is 9.46. The molecule has 0 amide bonds. The first-order chi connectivity index (χ1) is 15.4. The smallest absolute Gasteiger partial charge is 0.305 e. The fourth-order valence-electron chi connectivity index (χ4n) is 7.91. The van der Waals surface area contributed by atoms with Crippen LogP contribution >= 0.6 is 0 Å². The molecule has 3 heteroatoms. The first-order valence-electron chi connectivity index (χ1n) is 13.0. The van der Waals surface area contributed by atoms with E-state index >= 15 is 0 Å². The predicted molar refractivity (Wildman–Crippen MR) is 136 cm³/mol. The molecule has 0 aromatic rings. The average molecular weight is 455 g/mol. The zero-order valence-electron chi connectivity index (χ0n) is 22.0. The van der Waals surface area contributed by atoms with Crippen LogP contribution in [0.3, 0.4) is 0 Å². The molecule has 2 saturated carbocycles. The van der Waals surface area contributed by atoms with E-state index < -0.39 is 0 Å². The monoisotopic (exact) mass is 454 g/mol. The summed E-state index contributed by atoms with van der Waals surface area (Å²) in [7, 11) is 1.48. The molecule has 33 heavy (non-hydrogen) atoms. The molecular formula is C30H46O3. The lowest BCUT2D eigenvalue weighted by molar-refractivity contribution is -0.145. The van der Waals surface area contributed by atoms with E-state index in [9.17, 15) is 9.59 Å². The van der Waals surface area contributed by atoms with Gasteiger partial charge < -0.3 is 4.74 Å². The number of allylic oxidation sites excluding steroid dienone is 4. The van der Waals surface area contributed by atoms with Crippen LogP contribution in [0.25, 0.3) is 0 Å². The Labute approximate surface area is 202 Å². The number of esters is 1. The molecule has 3 aliphatic carbocycles. The number of methoxy groups -OCH3 is 1. The zero-order chi connectivity index (χ0) is 24.6. The molecule has 3 aliphatic rings. The third-order valence-corrected chi connectivity index (χ3v) is 9.94. The van der Waals surface area contributed by atoms with E-state index in [2.05, 4.69) is 53.9 Å². The fourth-order valence-corrected chi connectivity index (χ4v) is 7.91. The second kappa shape index (κ2) is 9.92. The largest absolute Gasteiger partial charge is 0.469 e. The number of rotatable bonds is 7. The summed E-state index contributed by atoms with van der Waals surface area (Å²) in [6.45, 7) is 20.0. The van der Waals surface area contributed by atoms with Crippen molar-refractivity contribution >= 4 is 11.8 Å². The average Bonchev–Trinajstić information content (AvgIpc) is 2.75. The molecule has 0 aliphatic heterocycles. The van der Waals surface area contributed by atoms with Gasteiger partial charge >= 0.3 is 5.97 Å². The van der Waals surface area contributed by atoms with Crippen molar-refractivity contribution in [3.8, 4) is 0 Å². The summed E-state index contributed by atoms with van der Waals surface area (Å²) < 4.78 is 4.95. The van der Waals surface area contributed by atoms with Gasteiger partial charge in [0.25, 0.3) is 0 Å². The molecule has 3 rings (SSSR count). The number of ketones is 1. The van der Waals surface area contributed by atoms with Gasteiger partial charge in [0.15, 0.2) is 0 Å². The Morgan fingerprint density at radius 1 is 1.18 bits per heavy atom. The first kappa shape index (κ1) is 26.0. The molecule has 0 aromatic carbocycles. The summed E-state index contributed by atoms with van der Waals surface area (Å²) >= 11 is 0. The van der Waals surface area contributed by atoms with Crippen molar-refractivity contribution in [3.63, 3.8) is 0 Å². The van der Waals surface area contributed by atoms with Crippen LogP contribution in [0.4, 0.5) is 0 Å². The van der Waals surface area contributed by atoms with Crippen LogP contribution < -0.4 is 0 Å². The summed E-state index contributed by atoms with van der Waals surface area (Å²) in [6, 6.07) is 0. The van der Waals surface area contributed by atoms with Crippen LogP contribution in [-0.4, -0.2) is 18.9 Å². The van der Waals surface area contributed by atoms with Crippen LogP contribution in [0.5, 0.6) is 0 Å². The van der Waals surface area contributed by atoms with Crippen LogP contribution in [0.2, 0.25) is 0 Å². The standard InChI is InChI=1S/C30H46O3/c1-19(2)22-11-9-20(3)23(24(22)13-16-28(32)33-8)12-14-25-21(4)10-15-26-29(5,6)27(31)17-18-30(25,26)7/h9,22-26H,1,4,10-18H2,2-3,5-8H3/t22-,23-,24-,25-,26-,30+/m0/s1. The van der Waals surface area contributed by atoms with Gasteiger partial charge in [-0.2, -0.15) is 0 Å². The van der Waals surface area contributed by atoms with Gasteiger partial charge in [0.2, 0.25) is 0 Å². The van der Waals surface area contributed by atoms with Crippen LogP contribution in [0, 0.1) is 40.4 Å². The zero-order valence-corrected chi connectivity index (χ0v) is 22.0. The number of fused-ring (bicyclic) bond motifs is 1. The third-order valence-electron chi connectivity index (χ3n) is 9.94. The van der Waals surface area contributed by atoms with Crippen molar-refractivity contribution in [2.24, 2.45) is 40.4 Å². The fraction of sp³-hybridized carbons (Fsp3) is 0.733. The highest BCUT2D eigenvalue weighted by Gasteiger charge is 2.56. The predicted octanol–water partition coefficient (Wildman–Crippen LogP) is 7.47. The third kappa shape index (κ3) is 4.93. The second-order valence-electron chi connectivity index (χ2n) is 12.1. The van der Waals surface area contributed by atoms with Crippen molar-refractivity contribution in [1.82, 2.24) is 0 Å². The summed E-state index contributed by atoms with van der Waals surface area (Å²) in [5.74, 6) is 2.52. The minimum absolute atomic E-state index is 0.119. The van der Waals surface area contributed by atoms with E-state index in [0.717, 1.165) is 44.9 Å². The van der Waals surface area contributed by atoms with Crippen molar-refractivity contribution in [3.05, 3.63) is 36.0 Å². The maximum Gasteiger partial charge on any atom is 0.305 e. The summed E-state index contributed by atoms with van der Waals surface area (Å²) in [5, 5.41) is 0. The maximum atomic E-state index is 12.8. The van der Waals surface area contributed by atoms with Gasteiger partial charge in [-0.05, 0) is 93.8 Å². The molecule has 3 nitrogen and oxygen atoms in total. The molecule has 0 aromatic heterocycles. The summed E-state index contributed by atoms with van der Waals surface area (Å²) in [6.07, 6.45) is 10.8. The number of hydrogen-bond acceptors (Lipinski definition) is 3. The van der Waals surface area contributed by atoms with E-state index in [1.54, 1.807) is 0 Å². The van der Waals surface area contributed by atoms with E-state index in [-0.39, 0.29) is 16.8 Å². The second-order valence-corrected chi connectivity index (χ2v) is 12.1. The highest BCUT2D eigenvalue weighted by molar-refractivity contribution is 5.85. The lowest BCUT2D eigenvalue weighted by Gasteiger charge is -2.57. The van der Waals surface area contributed by atoms with Gasteiger partial charge in [-0.1, -0.05) is 56.7 Å². The minimum Gasteiger partial charge on any atom is -0.469 e. The van der Waals surface area contributed by atoms with Crippen LogP contribution in [0.15, 0.2) is 36.0 Å². The molecule has 0 unspecified atom stereocenters. The Morgan fingerprint density at radius 3 is 2.52 bits per heavy atom. The highest BCUT2D eigenvalue weighted by atomic mass is 16.5. The van der Waals surface area contributed by atoms with Crippen molar-refractivity contribution in [2.45, 2.75) is 92.4 Å². The van der Waals surface area contributed by atoms with Gasteiger partial charge in [-0.15, -0.1) is 0 Å². The SMILES string of the molecule is C=C(C)[C@@H]1CC=C(C)[C@H](CC[C@H]2C(=C)CC[C@H]3C(C)(C)C(=O)CC[C@]23C)[C@H]1CCC(=O)OC. The lowest BCUT2D eigenvalue weighted by Crippen LogP contribution is -2.53. The molecule has 184 valence electrons. The first-order valence-corrected chi connectivity index (χ1v) is 13.0. The molecule has 2 fully saturated rings. The van der Waals surface area contributed by atoms with Crippen molar-refractivity contribution < 1.29 is 14.3 Å². The number of Topliss-reactive ketones (excluding diaryl/α,β-unsaturated/α-hetero) is 1. The quantitative estimate of drug-likeness (QED) is 0.296. The van der Waals surface area contributed by atoms with E-state index in [1.165, 1.54) is 23.8 Å². The van der Waals surface area contributed by atoms with E-state index in [4.69, 9.17) is 4.74 Å². The Kier molecular flexibility index (Phi) is 7.81. The van der Waals surface area contributed by atoms with Crippen LogP contribution in [-0.2, 0) is 14.3 Å². The molecule has 0 bridgehead atoms.